The molecule has 17 heavy (non-hydrogen) atoms. The van der Waals surface area contributed by atoms with Crippen molar-refractivity contribution in [1.82, 2.24) is 5.32 Å². The van der Waals surface area contributed by atoms with Crippen LogP contribution < -0.4 is 5.32 Å². The largest absolute Gasteiger partial charge is 0.481 e. The average Bonchev–Trinajstić information content (AvgIpc) is 2.30. The Morgan fingerprint density at radius 1 is 0.882 bits per heavy atom. The molecule has 0 aromatic carbocycles. The molecule has 3 nitrogen and oxygen atoms in total. The van der Waals surface area contributed by atoms with Gasteiger partial charge in [-0.1, -0.05) is 51.9 Å². The molecular weight excluding hydrogens is 214 g/mol. The Morgan fingerprint density at radius 3 is 1.82 bits per heavy atom. The summed E-state index contributed by atoms with van der Waals surface area (Å²) in [4.78, 5) is 10.3. The fourth-order valence-electron chi connectivity index (χ4n) is 1.94. The van der Waals surface area contributed by atoms with Crippen LogP contribution in [0.1, 0.15) is 71.1 Å². The minimum absolute atomic E-state index is 0.338. The molecule has 102 valence electrons. The summed E-state index contributed by atoms with van der Waals surface area (Å²) in [5.41, 5.74) is 0. The molecule has 0 amide bonds. The smallest absolute Gasteiger partial charge is 0.303 e. The molecule has 0 atom stereocenters. The van der Waals surface area contributed by atoms with Gasteiger partial charge in [-0.05, 0) is 25.9 Å². The van der Waals surface area contributed by atoms with Gasteiger partial charge in [-0.2, -0.15) is 0 Å². The number of carboxylic acid groups (broad SMARTS) is 1. The summed E-state index contributed by atoms with van der Waals surface area (Å²) >= 11 is 0. The second kappa shape index (κ2) is 13.5. The van der Waals surface area contributed by atoms with Crippen molar-refractivity contribution < 1.29 is 9.90 Å². The van der Waals surface area contributed by atoms with E-state index in [0.29, 0.717) is 6.42 Å². The number of carboxylic acids is 1. The van der Waals surface area contributed by atoms with Crippen molar-refractivity contribution >= 4 is 5.97 Å². The summed E-state index contributed by atoms with van der Waals surface area (Å²) in [6.45, 7) is 4.38. The molecule has 0 aromatic rings. The lowest BCUT2D eigenvalue weighted by Gasteiger charge is -2.02. The zero-order valence-electron chi connectivity index (χ0n) is 11.3. The van der Waals surface area contributed by atoms with Crippen molar-refractivity contribution in [1.29, 1.82) is 0 Å². The number of rotatable bonds is 13. The van der Waals surface area contributed by atoms with Gasteiger partial charge < -0.3 is 10.4 Å². The van der Waals surface area contributed by atoms with Crippen LogP contribution in [0.25, 0.3) is 0 Å². The van der Waals surface area contributed by atoms with Crippen LogP contribution in [0.15, 0.2) is 0 Å². The number of unbranched alkanes of at least 4 members (excludes halogenated alkanes) is 8. The maximum absolute atomic E-state index is 10.3. The van der Waals surface area contributed by atoms with Crippen molar-refractivity contribution in [2.45, 2.75) is 71.1 Å². The monoisotopic (exact) mass is 243 g/mol. The molecule has 0 saturated heterocycles. The Labute approximate surface area is 106 Å². The van der Waals surface area contributed by atoms with Gasteiger partial charge in [0, 0.05) is 6.42 Å². The predicted molar refractivity (Wildman–Crippen MR) is 72.3 cm³/mol. The molecule has 0 aliphatic carbocycles. The number of hydrogen-bond donors (Lipinski definition) is 2. The molecule has 0 saturated carbocycles. The first-order valence-corrected chi connectivity index (χ1v) is 7.20. The molecule has 0 aliphatic rings. The summed E-state index contributed by atoms with van der Waals surface area (Å²) < 4.78 is 0. The standard InChI is InChI=1S/C14H29NO2/c1-2-15-13-11-9-7-5-3-4-6-8-10-12-14(16)17/h15H,2-13H2,1H3,(H,16,17). The highest BCUT2D eigenvalue weighted by Crippen LogP contribution is 2.10. The number of nitrogens with one attached hydrogen (secondary N) is 1. The molecule has 3 heteroatoms. The maximum atomic E-state index is 10.3. The predicted octanol–water partition coefficient (Wildman–Crippen LogP) is 3.58. The summed E-state index contributed by atoms with van der Waals surface area (Å²) in [7, 11) is 0. The van der Waals surface area contributed by atoms with E-state index >= 15 is 0 Å². The van der Waals surface area contributed by atoms with Crippen LogP contribution in [0, 0.1) is 0 Å². The van der Waals surface area contributed by atoms with Crippen molar-refractivity contribution in [3.05, 3.63) is 0 Å². The van der Waals surface area contributed by atoms with Crippen LogP contribution in [0.2, 0.25) is 0 Å². The van der Waals surface area contributed by atoms with Crippen molar-refractivity contribution in [3.63, 3.8) is 0 Å². The molecular formula is C14H29NO2. The Bertz CT molecular complexity index is 172. The van der Waals surface area contributed by atoms with Crippen LogP contribution in [-0.2, 0) is 4.79 Å². The first kappa shape index (κ1) is 16.4. The Kier molecular flexibility index (Phi) is 13.0. The molecule has 0 aliphatic heterocycles. The number of hydrogen-bond acceptors (Lipinski definition) is 2. The van der Waals surface area contributed by atoms with Gasteiger partial charge in [0.05, 0.1) is 0 Å². The first-order valence-electron chi connectivity index (χ1n) is 7.20. The summed E-state index contributed by atoms with van der Waals surface area (Å²) in [6, 6.07) is 0. The van der Waals surface area contributed by atoms with Gasteiger partial charge >= 0.3 is 5.97 Å². The van der Waals surface area contributed by atoms with Gasteiger partial charge in [0.25, 0.3) is 0 Å². The van der Waals surface area contributed by atoms with E-state index in [0.717, 1.165) is 25.9 Å². The van der Waals surface area contributed by atoms with Crippen molar-refractivity contribution in [2.75, 3.05) is 13.1 Å². The lowest BCUT2D eigenvalue weighted by atomic mass is 10.1. The summed E-state index contributed by atoms with van der Waals surface area (Å²) in [6.07, 6.45) is 11.4. The molecule has 0 heterocycles. The van der Waals surface area contributed by atoms with E-state index in [1.165, 1.54) is 44.9 Å². The Hall–Kier alpha value is -0.570. The number of aliphatic carboxylic acids is 1. The van der Waals surface area contributed by atoms with E-state index in [2.05, 4.69) is 12.2 Å². The fourth-order valence-corrected chi connectivity index (χ4v) is 1.94. The normalized spacial score (nSPS) is 10.6. The lowest BCUT2D eigenvalue weighted by Crippen LogP contribution is -2.13. The summed E-state index contributed by atoms with van der Waals surface area (Å²) in [5, 5.41) is 11.8. The zero-order valence-corrected chi connectivity index (χ0v) is 11.3. The third kappa shape index (κ3) is 15.4. The van der Waals surface area contributed by atoms with Gasteiger partial charge in [0.15, 0.2) is 0 Å². The van der Waals surface area contributed by atoms with Gasteiger partial charge in [-0.15, -0.1) is 0 Å². The molecule has 0 radical (unpaired) electrons. The van der Waals surface area contributed by atoms with Gasteiger partial charge in [-0.25, -0.2) is 0 Å². The first-order chi connectivity index (χ1) is 8.27. The van der Waals surface area contributed by atoms with Crippen LogP contribution in [0.4, 0.5) is 0 Å². The van der Waals surface area contributed by atoms with E-state index < -0.39 is 5.97 Å². The van der Waals surface area contributed by atoms with E-state index in [1.54, 1.807) is 0 Å². The topological polar surface area (TPSA) is 49.3 Å². The van der Waals surface area contributed by atoms with E-state index in [1.807, 2.05) is 0 Å². The maximum Gasteiger partial charge on any atom is 0.303 e. The number of carbonyl (C=O) groups is 1. The SMILES string of the molecule is CCNCCCCCCCCCCCC(=O)O. The summed E-state index contributed by atoms with van der Waals surface area (Å²) in [5.74, 6) is -0.661. The van der Waals surface area contributed by atoms with E-state index in [9.17, 15) is 4.79 Å². The molecule has 0 rings (SSSR count). The van der Waals surface area contributed by atoms with Gasteiger partial charge in [0.1, 0.15) is 0 Å². The molecule has 0 unspecified atom stereocenters. The lowest BCUT2D eigenvalue weighted by molar-refractivity contribution is -0.137. The van der Waals surface area contributed by atoms with Crippen LogP contribution >= 0.6 is 0 Å². The third-order valence-electron chi connectivity index (χ3n) is 2.99. The zero-order chi connectivity index (χ0) is 12.8. The average molecular weight is 243 g/mol. The van der Waals surface area contributed by atoms with Crippen LogP contribution in [0.3, 0.4) is 0 Å². The van der Waals surface area contributed by atoms with E-state index in [-0.39, 0.29) is 0 Å². The Balaban J connectivity index is 2.91. The molecule has 0 spiro atoms. The molecule has 0 aromatic heterocycles. The van der Waals surface area contributed by atoms with Crippen molar-refractivity contribution in [2.24, 2.45) is 0 Å². The minimum atomic E-state index is -0.661. The third-order valence-corrected chi connectivity index (χ3v) is 2.99. The molecule has 0 fully saturated rings. The van der Waals surface area contributed by atoms with Crippen molar-refractivity contribution in [3.8, 4) is 0 Å². The fraction of sp³-hybridized carbons (Fsp3) is 0.929. The second-order valence-corrected chi connectivity index (χ2v) is 4.68. The minimum Gasteiger partial charge on any atom is -0.481 e. The van der Waals surface area contributed by atoms with Crippen LogP contribution in [-0.4, -0.2) is 24.2 Å². The molecule has 0 bridgehead atoms. The second-order valence-electron chi connectivity index (χ2n) is 4.68. The highest BCUT2D eigenvalue weighted by Gasteiger charge is 1.96. The van der Waals surface area contributed by atoms with Gasteiger partial charge in [-0.3, -0.25) is 4.79 Å². The molecule has 2 N–H and O–H groups in total. The Morgan fingerprint density at radius 2 is 1.35 bits per heavy atom. The van der Waals surface area contributed by atoms with E-state index in [4.69, 9.17) is 5.11 Å². The quantitative estimate of drug-likeness (QED) is 0.486. The highest BCUT2D eigenvalue weighted by molar-refractivity contribution is 5.66. The highest BCUT2D eigenvalue weighted by atomic mass is 16.4. The van der Waals surface area contributed by atoms with Gasteiger partial charge in [0.2, 0.25) is 0 Å². The van der Waals surface area contributed by atoms with Crippen LogP contribution in [0.5, 0.6) is 0 Å².